The molecule has 0 aromatic heterocycles. The molecule has 6 rings (SSSR count). The molecular weight excluding hydrogens is 574 g/mol. The Morgan fingerprint density at radius 1 is 0.953 bits per heavy atom. The van der Waals surface area contributed by atoms with Gasteiger partial charge in [0.25, 0.3) is 11.8 Å². The topological polar surface area (TPSA) is 125 Å². The molecule has 4 amide bonds. The summed E-state index contributed by atoms with van der Waals surface area (Å²) >= 11 is 6.71. The molecule has 1 N–H and O–H groups in total. The highest BCUT2D eigenvalue weighted by molar-refractivity contribution is 6.31. The van der Waals surface area contributed by atoms with Crippen LogP contribution in [-0.4, -0.2) is 81.7 Å². The average molecular weight is 608 g/mol. The molecule has 1 saturated carbocycles. The summed E-state index contributed by atoms with van der Waals surface area (Å²) in [5.74, 6) is -3.24. The second-order valence-electron chi connectivity index (χ2n) is 11.8. The Labute approximate surface area is 254 Å². The standard InChI is InChI=1S/C32H34ClN3O7/c1-18(37)34-14-12-19(16-34)43-27-11-10-25(33)24-13-15-35(29(38)22-8-4-5-9-23(22)32(41)42)26(28(24)27)17-36-30(39)20-6-2-3-7-21(20)31(36)40/h2-3,6-7,10-11,19,22-23,26H,4-5,8-9,12-17H2,1H3,(H,41,42)/t19?,22?,23-,26-/m1/s1. The number of benzene rings is 2. The number of carbonyl (C=O) groups is 5. The van der Waals surface area contributed by atoms with E-state index in [4.69, 9.17) is 16.3 Å². The zero-order valence-corrected chi connectivity index (χ0v) is 24.7. The predicted molar refractivity (Wildman–Crippen MR) is 156 cm³/mol. The number of hydrogen-bond donors (Lipinski definition) is 1. The molecule has 1 saturated heterocycles. The van der Waals surface area contributed by atoms with Gasteiger partial charge in [-0.05, 0) is 49.1 Å². The highest BCUT2D eigenvalue weighted by atomic mass is 35.5. The van der Waals surface area contributed by atoms with Crippen LogP contribution in [0.3, 0.4) is 0 Å². The Kier molecular flexibility index (Phi) is 7.89. The molecule has 10 nitrogen and oxygen atoms in total. The van der Waals surface area contributed by atoms with Crippen molar-refractivity contribution in [2.45, 2.75) is 57.6 Å². The van der Waals surface area contributed by atoms with Gasteiger partial charge in [0.1, 0.15) is 11.9 Å². The highest BCUT2D eigenvalue weighted by Gasteiger charge is 2.45. The van der Waals surface area contributed by atoms with Gasteiger partial charge in [-0.2, -0.15) is 0 Å². The van der Waals surface area contributed by atoms with E-state index in [1.54, 1.807) is 46.2 Å². The Morgan fingerprint density at radius 3 is 2.26 bits per heavy atom. The van der Waals surface area contributed by atoms with Gasteiger partial charge in [0.2, 0.25) is 11.8 Å². The summed E-state index contributed by atoms with van der Waals surface area (Å²) in [7, 11) is 0. The van der Waals surface area contributed by atoms with Gasteiger partial charge in [-0.25, -0.2) is 0 Å². The lowest BCUT2D eigenvalue weighted by molar-refractivity contribution is -0.153. The van der Waals surface area contributed by atoms with Gasteiger partial charge in [0.15, 0.2) is 0 Å². The molecule has 2 aromatic rings. The van der Waals surface area contributed by atoms with E-state index < -0.39 is 35.7 Å². The predicted octanol–water partition coefficient (Wildman–Crippen LogP) is 3.95. The second-order valence-corrected chi connectivity index (χ2v) is 12.2. The summed E-state index contributed by atoms with van der Waals surface area (Å²) in [6.45, 7) is 2.63. The zero-order chi connectivity index (χ0) is 30.4. The van der Waals surface area contributed by atoms with Crippen LogP contribution in [0, 0.1) is 11.8 Å². The summed E-state index contributed by atoms with van der Waals surface area (Å²) in [4.78, 5) is 69.8. The van der Waals surface area contributed by atoms with E-state index in [2.05, 4.69) is 0 Å². The van der Waals surface area contributed by atoms with Crippen LogP contribution >= 0.6 is 11.6 Å². The number of hydrogen-bond acceptors (Lipinski definition) is 6. The van der Waals surface area contributed by atoms with Gasteiger partial charge in [-0.3, -0.25) is 28.9 Å². The quantitative estimate of drug-likeness (QED) is 0.493. The van der Waals surface area contributed by atoms with E-state index in [1.807, 2.05) is 0 Å². The van der Waals surface area contributed by atoms with Crippen LogP contribution in [0.4, 0.5) is 0 Å². The number of likely N-dealkylation sites (tertiary alicyclic amines) is 1. The molecule has 3 heterocycles. The van der Waals surface area contributed by atoms with Gasteiger partial charge in [-0.1, -0.05) is 36.6 Å². The van der Waals surface area contributed by atoms with Gasteiger partial charge in [0.05, 0.1) is 42.1 Å². The van der Waals surface area contributed by atoms with Crippen molar-refractivity contribution in [2.24, 2.45) is 11.8 Å². The van der Waals surface area contributed by atoms with E-state index in [9.17, 15) is 29.1 Å². The molecule has 3 aliphatic heterocycles. The van der Waals surface area contributed by atoms with Crippen molar-refractivity contribution < 1.29 is 33.8 Å². The third-order valence-electron chi connectivity index (χ3n) is 9.37. The first-order valence-electron chi connectivity index (χ1n) is 14.9. The van der Waals surface area contributed by atoms with Crippen LogP contribution < -0.4 is 4.74 Å². The van der Waals surface area contributed by atoms with Gasteiger partial charge >= 0.3 is 5.97 Å². The van der Waals surface area contributed by atoms with E-state index in [0.29, 0.717) is 66.2 Å². The lowest BCUT2D eigenvalue weighted by Crippen LogP contribution is -2.50. The molecule has 43 heavy (non-hydrogen) atoms. The maximum absolute atomic E-state index is 14.3. The van der Waals surface area contributed by atoms with Crippen LogP contribution in [0.25, 0.3) is 0 Å². The zero-order valence-electron chi connectivity index (χ0n) is 24.0. The molecule has 11 heteroatoms. The summed E-state index contributed by atoms with van der Waals surface area (Å²) in [5.41, 5.74) is 1.99. The third-order valence-corrected chi connectivity index (χ3v) is 9.73. The minimum atomic E-state index is -0.990. The van der Waals surface area contributed by atoms with Gasteiger partial charge in [-0.15, -0.1) is 0 Å². The fourth-order valence-corrected chi connectivity index (χ4v) is 7.40. The lowest BCUT2D eigenvalue weighted by atomic mass is 9.77. The molecule has 226 valence electrons. The largest absolute Gasteiger partial charge is 0.488 e. The molecule has 1 aliphatic carbocycles. The molecule has 4 atom stereocenters. The molecule has 0 spiro atoms. The summed E-state index contributed by atoms with van der Waals surface area (Å²) < 4.78 is 6.48. The number of imide groups is 1. The number of halogens is 1. The van der Waals surface area contributed by atoms with E-state index in [-0.39, 0.29) is 31.0 Å². The van der Waals surface area contributed by atoms with Crippen LogP contribution in [0.1, 0.15) is 76.9 Å². The highest BCUT2D eigenvalue weighted by Crippen LogP contribution is 2.44. The number of nitrogens with zero attached hydrogens (tertiary/aromatic N) is 3. The number of rotatable bonds is 6. The van der Waals surface area contributed by atoms with Crippen molar-refractivity contribution in [2.75, 3.05) is 26.2 Å². The van der Waals surface area contributed by atoms with Gasteiger partial charge in [0, 0.05) is 37.0 Å². The summed E-state index contributed by atoms with van der Waals surface area (Å²) in [6.07, 6.45) is 3.13. The number of carboxylic acid groups (broad SMARTS) is 1. The number of carbonyl (C=O) groups excluding carboxylic acids is 4. The van der Waals surface area contributed by atoms with E-state index in [0.717, 1.165) is 23.3 Å². The smallest absolute Gasteiger partial charge is 0.307 e. The van der Waals surface area contributed by atoms with Crippen molar-refractivity contribution in [3.8, 4) is 5.75 Å². The van der Waals surface area contributed by atoms with Crippen molar-refractivity contribution in [1.29, 1.82) is 0 Å². The summed E-state index contributed by atoms with van der Waals surface area (Å²) in [6, 6.07) is 9.30. The van der Waals surface area contributed by atoms with Gasteiger partial charge < -0.3 is 19.6 Å². The SMILES string of the molecule is CC(=O)N1CCC(Oc2ccc(Cl)c3c2[C@@H](CN2C(=O)c4ccccc4C2=O)N(C(=O)C2CCCC[C@H]2C(=O)O)CC3)C1. The normalized spacial score (nSPS) is 25.0. The van der Waals surface area contributed by atoms with Crippen LogP contribution in [0.2, 0.25) is 5.02 Å². The Morgan fingerprint density at radius 2 is 1.63 bits per heavy atom. The number of aliphatic carboxylic acids is 1. The monoisotopic (exact) mass is 607 g/mol. The molecular formula is C32H34ClN3O7. The molecule has 0 bridgehead atoms. The minimum Gasteiger partial charge on any atom is -0.488 e. The maximum atomic E-state index is 14.3. The van der Waals surface area contributed by atoms with E-state index >= 15 is 0 Å². The third kappa shape index (κ3) is 5.26. The van der Waals surface area contributed by atoms with Crippen molar-refractivity contribution in [1.82, 2.24) is 14.7 Å². The number of amides is 4. The second kappa shape index (κ2) is 11.6. The van der Waals surface area contributed by atoms with Crippen LogP contribution in [0.15, 0.2) is 36.4 Å². The minimum absolute atomic E-state index is 0.0371. The lowest BCUT2D eigenvalue weighted by Gasteiger charge is -2.42. The molecule has 4 aliphatic rings. The average Bonchev–Trinajstić information content (AvgIpc) is 3.57. The molecule has 2 aromatic carbocycles. The van der Waals surface area contributed by atoms with Crippen LogP contribution in [-0.2, 0) is 20.8 Å². The van der Waals surface area contributed by atoms with Crippen molar-refractivity contribution in [3.05, 3.63) is 63.7 Å². The summed E-state index contributed by atoms with van der Waals surface area (Å²) in [5, 5.41) is 10.4. The first-order valence-corrected chi connectivity index (χ1v) is 15.3. The number of carboxylic acids is 1. The number of ether oxygens (including phenoxy) is 1. The maximum Gasteiger partial charge on any atom is 0.307 e. The molecule has 0 radical (unpaired) electrons. The Balaban J connectivity index is 1.40. The fourth-order valence-electron chi connectivity index (χ4n) is 7.14. The van der Waals surface area contributed by atoms with Crippen molar-refractivity contribution >= 4 is 41.2 Å². The first kappa shape index (κ1) is 29.2. The molecule has 2 unspecified atom stereocenters. The Bertz CT molecular complexity index is 1470. The van der Waals surface area contributed by atoms with Crippen molar-refractivity contribution in [3.63, 3.8) is 0 Å². The Hall–Kier alpha value is -3.92. The van der Waals surface area contributed by atoms with E-state index in [1.165, 1.54) is 6.92 Å². The number of fused-ring (bicyclic) bond motifs is 2. The molecule has 2 fully saturated rings. The van der Waals surface area contributed by atoms with Crippen LogP contribution in [0.5, 0.6) is 5.75 Å². The fraction of sp³-hybridized carbons (Fsp3) is 0.469. The first-order chi connectivity index (χ1) is 20.7.